The van der Waals surface area contributed by atoms with Gasteiger partial charge in [-0.2, -0.15) is 0 Å². The molecule has 1 amide bonds. The highest BCUT2D eigenvalue weighted by atomic mass is 32.1. The smallest absolute Gasteiger partial charge is 0.290 e. The van der Waals surface area contributed by atoms with Crippen LogP contribution in [0.1, 0.15) is 17.0 Å². The number of hydrogen-bond donors (Lipinski definition) is 1. The molecule has 26 heavy (non-hydrogen) atoms. The summed E-state index contributed by atoms with van der Waals surface area (Å²) in [5, 5.41) is 8.00. The largest absolute Gasteiger partial charge is 0.483 e. The zero-order valence-electron chi connectivity index (χ0n) is 14.8. The Hall–Kier alpha value is -1.71. The van der Waals surface area contributed by atoms with Gasteiger partial charge in [0.05, 0.1) is 32.1 Å². The molecule has 3 aliphatic rings. The summed E-state index contributed by atoms with van der Waals surface area (Å²) >= 11 is 1.81. The number of rotatable bonds is 2. The molecule has 9 heteroatoms. The Bertz CT molecular complexity index is 612. The van der Waals surface area contributed by atoms with E-state index in [0.29, 0.717) is 19.1 Å². The first-order chi connectivity index (χ1) is 12.7. The van der Waals surface area contributed by atoms with Gasteiger partial charge >= 0.3 is 0 Å². The SMILES string of the molecule is O=C(C1CCc2sc(N3CCOCC3)nc2C1)N1CCOCC1.O=CO. The number of thiazole rings is 1. The molecule has 0 radical (unpaired) electrons. The van der Waals surface area contributed by atoms with E-state index in [0.717, 1.165) is 69.5 Å². The topological polar surface area (TPSA) is 92.2 Å². The molecule has 144 valence electrons. The number of carbonyl (C=O) groups is 2. The van der Waals surface area contributed by atoms with E-state index >= 15 is 0 Å². The zero-order chi connectivity index (χ0) is 18.4. The fourth-order valence-corrected chi connectivity index (χ4v) is 4.66. The zero-order valence-corrected chi connectivity index (χ0v) is 15.6. The standard InChI is InChI=1S/C16H23N3O3S.CH2O2/c20-15(18-3-7-21-8-4-18)12-1-2-14-13(11-12)17-16(23-14)19-5-9-22-10-6-19;2-1-3/h12H,1-11H2;1H,(H,2,3). The second-order valence-electron chi connectivity index (χ2n) is 6.45. The van der Waals surface area contributed by atoms with Crippen molar-refractivity contribution in [3.05, 3.63) is 10.6 Å². The van der Waals surface area contributed by atoms with Crippen molar-refractivity contribution >= 4 is 28.8 Å². The van der Waals surface area contributed by atoms with Crippen molar-refractivity contribution in [2.24, 2.45) is 5.92 Å². The summed E-state index contributed by atoms with van der Waals surface area (Å²) < 4.78 is 10.8. The van der Waals surface area contributed by atoms with Crippen LogP contribution in [0.5, 0.6) is 0 Å². The van der Waals surface area contributed by atoms with E-state index in [4.69, 9.17) is 24.4 Å². The van der Waals surface area contributed by atoms with Crippen LogP contribution >= 0.6 is 11.3 Å². The van der Waals surface area contributed by atoms with Crippen LogP contribution in [0.25, 0.3) is 0 Å². The van der Waals surface area contributed by atoms with Gasteiger partial charge in [0.25, 0.3) is 6.47 Å². The normalized spacial score (nSPS) is 22.8. The van der Waals surface area contributed by atoms with Crippen molar-refractivity contribution in [3.8, 4) is 0 Å². The summed E-state index contributed by atoms with van der Waals surface area (Å²) in [4.78, 5) is 31.5. The first-order valence-electron chi connectivity index (χ1n) is 8.98. The number of hydrogen-bond acceptors (Lipinski definition) is 7. The number of carboxylic acid groups (broad SMARTS) is 1. The van der Waals surface area contributed by atoms with Gasteiger partial charge in [0, 0.05) is 43.4 Å². The average Bonchev–Trinajstić information content (AvgIpc) is 3.13. The van der Waals surface area contributed by atoms with E-state index in [1.165, 1.54) is 4.88 Å². The number of aromatic nitrogens is 1. The summed E-state index contributed by atoms with van der Waals surface area (Å²) in [5.74, 6) is 0.389. The minimum absolute atomic E-state index is 0.0974. The van der Waals surface area contributed by atoms with E-state index in [1.54, 1.807) is 11.3 Å². The molecular weight excluding hydrogens is 358 g/mol. The second-order valence-corrected chi connectivity index (χ2v) is 7.51. The number of anilines is 1. The van der Waals surface area contributed by atoms with E-state index in [9.17, 15) is 4.79 Å². The summed E-state index contributed by atoms with van der Waals surface area (Å²) in [6.45, 7) is 5.95. The fraction of sp³-hybridized carbons (Fsp3) is 0.706. The number of fused-ring (bicyclic) bond motifs is 1. The van der Waals surface area contributed by atoms with Crippen molar-refractivity contribution in [1.29, 1.82) is 0 Å². The fourth-order valence-electron chi connectivity index (χ4n) is 3.51. The van der Waals surface area contributed by atoms with Crippen LogP contribution < -0.4 is 4.90 Å². The second kappa shape index (κ2) is 9.29. The van der Waals surface area contributed by atoms with Crippen molar-refractivity contribution in [1.82, 2.24) is 9.88 Å². The molecule has 8 nitrogen and oxygen atoms in total. The lowest BCUT2D eigenvalue weighted by Crippen LogP contribution is -2.44. The van der Waals surface area contributed by atoms with Gasteiger partial charge in [0.1, 0.15) is 0 Å². The summed E-state index contributed by atoms with van der Waals surface area (Å²) in [5.41, 5.74) is 1.15. The third-order valence-corrected chi connectivity index (χ3v) is 6.10. The number of carbonyl (C=O) groups excluding carboxylic acids is 1. The maximum Gasteiger partial charge on any atom is 0.290 e. The minimum atomic E-state index is -0.250. The van der Waals surface area contributed by atoms with Gasteiger partial charge in [-0.15, -0.1) is 11.3 Å². The highest BCUT2D eigenvalue weighted by molar-refractivity contribution is 7.15. The van der Waals surface area contributed by atoms with E-state index in [1.807, 2.05) is 4.90 Å². The third-order valence-electron chi connectivity index (χ3n) is 4.88. The number of ether oxygens (including phenoxy) is 2. The van der Waals surface area contributed by atoms with Gasteiger partial charge in [0.15, 0.2) is 5.13 Å². The van der Waals surface area contributed by atoms with Crippen LogP contribution in [-0.4, -0.2) is 80.0 Å². The van der Waals surface area contributed by atoms with Crippen LogP contribution in [0.4, 0.5) is 5.13 Å². The van der Waals surface area contributed by atoms with Crippen LogP contribution in [0.15, 0.2) is 0 Å². The first-order valence-corrected chi connectivity index (χ1v) is 9.80. The van der Waals surface area contributed by atoms with Crippen LogP contribution in [0.2, 0.25) is 0 Å². The Labute approximate surface area is 156 Å². The van der Waals surface area contributed by atoms with Gasteiger partial charge in [-0.25, -0.2) is 4.98 Å². The summed E-state index contributed by atoms with van der Waals surface area (Å²) in [7, 11) is 0. The minimum Gasteiger partial charge on any atom is -0.483 e. The average molecular weight is 383 g/mol. The number of nitrogens with zero attached hydrogens (tertiary/aromatic N) is 3. The lowest BCUT2D eigenvalue weighted by Gasteiger charge is -2.31. The number of amides is 1. The molecule has 0 bridgehead atoms. The molecule has 1 unspecified atom stereocenters. The van der Waals surface area contributed by atoms with E-state index < -0.39 is 0 Å². The Balaban J connectivity index is 0.000000613. The predicted octanol–water partition coefficient (Wildman–Crippen LogP) is 0.644. The molecule has 1 aromatic heterocycles. The number of aryl methyl sites for hydroxylation is 1. The van der Waals surface area contributed by atoms with Crippen molar-refractivity contribution in [2.75, 3.05) is 57.5 Å². The third kappa shape index (κ3) is 4.52. The van der Waals surface area contributed by atoms with Crippen molar-refractivity contribution < 1.29 is 24.2 Å². The van der Waals surface area contributed by atoms with E-state index in [-0.39, 0.29) is 12.4 Å². The molecule has 0 saturated carbocycles. The summed E-state index contributed by atoms with van der Waals surface area (Å²) in [6.07, 6.45) is 2.73. The van der Waals surface area contributed by atoms with Gasteiger partial charge in [-0.05, 0) is 12.8 Å². The Morgan fingerprint density at radius 3 is 2.42 bits per heavy atom. The molecule has 4 rings (SSSR count). The molecule has 0 spiro atoms. The Morgan fingerprint density at radius 1 is 1.15 bits per heavy atom. The lowest BCUT2D eigenvalue weighted by atomic mass is 9.89. The van der Waals surface area contributed by atoms with Crippen LogP contribution in [0, 0.1) is 5.92 Å². The van der Waals surface area contributed by atoms with Gasteiger partial charge in [-0.1, -0.05) is 0 Å². The molecule has 2 saturated heterocycles. The van der Waals surface area contributed by atoms with E-state index in [2.05, 4.69) is 4.90 Å². The summed E-state index contributed by atoms with van der Waals surface area (Å²) in [6, 6.07) is 0. The van der Waals surface area contributed by atoms with Gasteiger partial charge in [0.2, 0.25) is 5.91 Å². The van der Waals surface area contributed by atoms with Crippen molar-refractivity contribution in [3.63, 3.8) is 0 Å². The van der Waals surface area contributed by atoms with Gasteiger partial charge in [-0.3, -0.25) is 9.59 Å². The quantitative estimate of drug-likeness (QED) is 0.750. The Morgan fingerprint density at radius 2 is 1.77 bits per heavy atom. The molecule has 2 aliphatic heterocycles. The van der Waals surface area contributed by atoms with Crippen molar-refractivity contribution in [2.45, 2.75) is 19.3 Å². The monoisotopic (exact) mass is 383 g/mol. The highest BCUT2D eigenvalue weighted by Gasteiger charge is 2.31. The van der Waals surface area contributed by atoms with Crippen LogP contribution in [-0.2, 0) is 31.9 Å². The lowest BCUT2D eigenvalue weighted by molar-refractivity contribution is -0.140. The molecule has 2 fully saturated rings. The maximum absolute atomic E-state index is 12.7. The molecule has 3 heterocycles. The molecule has 1 aromatic rings. The first kappa shape index (κ1) is 19.1. The molecule has 1 atom stereocenters. The molecule has 0 aromatic carbocycles. The molecule has 1 aliphatic carbocycles. The molecule has 1 N–H and O–H groups in total. The highest BCUT2D eigenvalue weighted by Crippen LogP contribution is 2.34. The maximum atomic E-state index is 12.7. The predicted molar refractivity (Wildman–Crippen MR) is 96.8 cm³/mol. The Kier molecular flexibility index (Phi) is 6.81. The van der Waals surface area contributed by atoms with Gasteiger partial charge < -0.3 is 24.4 Å². The number of morpholine rings is 2. The van der Waals surface area contributed by atoms with Crippen LogP contribution in [0.3, 0.4) is 0 Å². The molecular formula is C17H25N3O5S.